The largest absolute Gasteiger partial charge is 0.348 e. The van der Waals surface area contributed by atoms with Gasteiger partial charge in [-0.05, 0) is 49.3 Å². The van der Waals surface area contributed by atoms with E-state index in [1.54, 1.807) is 0 Å². The summed E-state index contributed by atoms with van der Waals surface area (Å²) in [7, 11) is 0. The minimum Gasteiger partial charge on any atom is -0.348 e. The van der Waals surface area contributed by atoms with Gasteiger partial charge in [0.05, 0.1) is 0 Å². The van der Waals surface area contributed by atoms with Crippen LogP contribution in [0.4, 0.5) is 0 Å². The molecule has 1 aliphatic carbocycles. The van der Waals surface area contributed by atoms with Gasteiger partial charge < -0.3 is 11.1 Å². The predicted molar refractivity (Wildman–Crippen MR) is 86.2 cm³/mol. The highest BCUT2D eigenvalue weighted by Crippen LogP contribution is 2.30. The van der Waals surface area contributed by atoms with Crippen molar-refractivity contribution in [2.24, 2.45) is 5.73 Å². The number of hydrogen-bond acceptors (Lipinski definition) is 3. The van der Waals surface area contributed by atoms with Crippen molar-refractivity contribution in [2.45, 2.75) is 43.9 Å². The SMILES string of the molecule is CCSC1CCCC1NC(=O)c1ccc(CCN)cc1. The maximum Gasteiger partial charge on any atom is 0.251 e. The lowest BCUT2D eigenvalue weighted by Crippen LogP contribution is -2.38. The highest BCUT2D eigenvalue weighted by Gasteiger charge is 2.28. The summed E-state index contributed by atoms with van der Waals surface area (Å²) >= 11 is 1.96. The van der Waals surface area contributed by atoms with Crippen molar-refractivity contribution in [3.8, 4) is 0 Å². The highest BCUT2D eigenvalue weighted by atomic mass is 32.2. The van der Waals surface area contributed by atoms with Gasteiger partial charge >= 0.3 is 0 Å². The number of hydrogen-bond donors (Lipinski definition) is 2. The number of amides is 1. The topological polar surface area (TPSA) is 55.1 Å². The second-order valence-corrected chi connectivity index (χ2v) is 6.76. The number of nitrogens with one attached hydrogen (secondary N) is 1. The number of nitrogens with two attached hydrogens (primary N) is 1. The molecule has 1 fully saturated rings. The number of rotatable bonds is 6. The van der Waals surface area contributed by atoms with Crippen LogP contribution < -0.4 is 11.1 Å². The summed E-state index contributed by atoms with van der Waals surface area (Å²) in [5.74, 6) is 1.17. The molecule has 3 nitrogen and oxygen atoms in total. The lowest BCUT2D eigenvalue weighted by Gasteiger charge is -2.20. The number of carbonyl (C=O) groups excluding carboxylic acids is 1. The Morgan fingerprint density at radius 2 is 2.10 bits per heavy atom. The van der Waals surface area contributed by atoms with Crippen LogP contribution in [0.2, 0.25) is 0 Å². The van der Waals surface area contributed by atoms with E-state index in [-0.39, 0.29) is 5.91 Å². The Labute approximate surface area is 125 Å². The molecule has 2 atom stereocenters. The molecule has 1 aliphatic rings. The molecular formula is C16H24N2OS. The van der Waals surface area contributed by atoms with E-state index < -0.39 is 0 Å². The number of carbonyl (C=O) groups is 1. The van der Waals surface area contributed by atoms with E-state index in [2.05, 4.69) is 12.2 Å². The molecule has 1 saturated carbocycles. The van der Waals surface area contributed by atoms with Gasteiger partial charge in [0.25, 0.3) is 5.91 Å². The van der Waals surface area contributed by atoms with Crippen molar-refractivity contribution in [1.82, 2.24) is 5.32 Å². The van der Waals surface area contributed by atoms with Crippen LogP contribution in [0.15, 0.2) is 24.3 Å². The van der Waals surface area contributed by atoms with Crippen molar-refractivity contribution >= 4 is 17.7 Å². The van der Waals surface area contributed by atoms with Crippen LogP contribution in [-0.4, -0.2) is 29.5 Å². The molecule has 110 valence electrons. The Bertz CT molecular complexity index is 433. The van der Waals surface area contributed by atoms with E-state index in [4.69, 9.17) is 5.73 Å². The van der Waals surface area contributed by atoms with Gasteiger partial charge in [-0.15, -0.1) is 0 Å². The van der Waals surface area contributed by atoms with Crippen molar-refractivity contribution in [3.63, 3.8) is 0 Å². The third-order valence-corrected chi connectivity index (χ3v) is 5.12. The third-order valence-electron chi connectivity index (χ3n) is 3.80. The summed E-state index contributed by atoms with van der Waals surface area (Å²) in [5.41, 5.74) is 7.46. The summed E-state index contributed by atoms with van der Waals surface area (Å²) in [5, 5.41) is 3.78. The van der Waals surface area contributed by atoms with Gasteiger partial charge in [-0.25, -0.2) is 0 Å². The van der Waals surface area contributed by atoms with Gasteiger partial charge in [0, 0.05) is 16.9 Å². The second kappa shape index (κ2) is 7.70. The molecule has 2 unspecified atom stereocenters. The summed E-state index contributed by atoms with van der Waals surface area (Å²) in [6.07, 6.45) is 4.41. The third kappa shape index (κ3) is 4.00. The minimum atomic E-state index is 0.0536. The lowest BCUT2D eigenvalue weighted by molar-refractivity contribution is 0.0938. The predicted octanol–water partition coefficient (Wildman–Crippen LogP) is 2.59. The minimum absolute atomic E-state index is 0.0536. The van der Waals surface area contributed by atoms with Crippen molar-refractivity contribution < 1.29 is 4.79 Å². The van der Waals surface area contributed by atoms with Crippen molar-refractivity contribution in [1.29, 1.82) is 0 Å². The fraction of sp³-hybridized carbons (Fsp3) is 0.562. The second-order valence-electron chi connectivity index (χ2n) is 5.24. The normalized spacial score (nSPS) is 21.9. The smallest absolute Gasteiger partial charge is 0.251 e. The molecule has 0 aromatic heterocycles. The molecule has 4 heteroatoms. The zero-order valence-electron chi connectivity index (χ0n) is 12.1. The van der Waals surface area contributed by atoms with Gasteiger partial charge in [-0.2, -0.15) is 11.8 Å². The molecular weight excluding hydrogens is 268 g/mol. The molecule has 0 aliphatic heterocycles. The first-order valence-corrected chi connectivity index (χ1v) is 8.51. The van der Waals surface area contributed by atoms with E-state index in [1.807, 2.05) is 36.0 Å². The Balaban J connectivity index is 1.93. The van der Waals surface area contributed by atoms with Crippen LogP contribution in [0.3, 0.4) is 0 Å². The average Bonchev–Trinajstić information content (AvgIpc) is 2.88. The van der Waals surface area contributed by atoms with Gasteiger partial charge in [0.2, 0.25) is 0 Å². The first-order valence-electron chi connectivity index (χ1n) is 7.46. The fourth-order valence-corrected chi connectivity index (χ4v) is 3.94. The van der Waals surface area contributed by atoms with Crippen molar-refractivity contribution in [3.05, 3.63) is 35.4 Å². The van der Waals surface area contributed by atoms with Crippen LogP contribution in [0.1, 0.15) is 42.1 Å². The quantitative estimate of drug-likeness (QED) is 0.847. The molecule has 1 aromatic carbocycles. The monoisotopic (exact) mass is 292 g/mol. The lowest BCUT2D eigenvalue weighted by atomic mass is 10.1. The van der Waals surface area contributed by atoms with Crippen LogP contribution in [-0.2, 0) is 6.42 Å². The van der Waals surface area contributed by atoms with Crippen LogP contribution in [0.5, 0.6) is 0 Å². The fourth-order valence-electron chi connectivity index (χ4n) is 2.75. The van der Waals surface area contributed by atoms with Crippen LogP contribution >= 0.6 is 11.8 Å². The Hall–Kier alpha value is -1.00. The summed E-state index contributed by atoms with van der Waals surface area (Å²) < 4.78 is 0. The van der Waals surface area contributed by atoms with Gasteiger partial charge in [0.1, 0.15) is 0 Å². The summed E-state index contributed by atoms with van der Waals surface area (Å²) in [4.78, 5) is 12.3. The van der Waals surface area contributed by atoms with Crippen LogP contribution in [0, 0.1) is 0 Å². The first kappa shape index (κ1) is 15.4. The highest BCUT2D eigenvalue weighted by molar-refractivity contribution is 7.99. The molecule has 0 radical (unpaired) electrons. The van der Waals surface area contributed by atoms with Crippen LogP contribution in [0.25, 0.3) is 0 Å². The Morgan fingerprint density at radius 1 is 1.35 bits per heavy atom. The number of thioether (sulfide) groups is 1. The van der Waals surface area contributed by atoms with E-state index in [0.29, 0.717) is 17.8 Å². The van der Waals surface area contributed by atoms with E-state index in [0.717, 1.165) is 24.2 Å². The average molecular weight is 292 g/mol. The standard InChI is InChI=1S/C16H24N2OS/c1-2-20-15-5-3-4-14(15)18-16(19)13-8-6-12(7-9-13)10-11-17/h6-9,14-15H,2-5,10-11,17H2,1H3,(H,18,19). The molecule has 0 spiro atoms. The zero-order chi connectivity index (χ0) is 14.4. The van der Waals surface area contributed by atoms with Gasteiger partial charge in [-0.3, -0.25) is 4.79 Å². The number of benzene rings is 1. The maximum atomic E-state index is 12.3. The van der Waals surface area contributed by atoms with E-state index in [9.17, 15) is 4.79 Å². The Morgan fingerprint density at radius 3 is 2.75 bits per heavy atom. The Kier molecular flexibility index (Phi) is 5.92. The summed E-state index contributed by atoms with van der Waals surface area (Å²) in [6, 6.07) is 8.12. The van der Waals surface area contributed by atoms with Gasteiger partial charge in [0.15, 0.2) is 0 Å². The molecule has 3 N–H and O–H groups in total. The maximum absolute atomic E-state index is 12.3. The molecule has 0 heterocycles. The molecule has 20 heavy (non-hydrogen) atoms. The molecule has 1 aromatic rings. The first-order chi connectivity index (χ1) is 9.74. The molecule has 0 saturated heterocycles. The molecule has 1 amide bonds. The molecule has 0 bridgehead atoms. The zero-order valence-corrected chi connectivity index (χ0v) is 12.9. The van der Waals surface area contributed by atoms with Crippen molar-refractivity contribution in [2.75, 3.05) is 12.3 Å². The van der Waals surface area contributed by atoms with Gasteiger partial charge in [-0.1, -0.05) is 25.5 Å². The summed E-state index contributed by atoms with van der Waals surface area (Å²) in [6.45, 7) is 2.82. The molecule has 2 rings (SSSR count). The van der Waals surface area contributed by atoms with E-state index >= 15 is 0 Å². The van der Waals surface area contributed by atoms with E-state index in [1.165, 1.54) is 18.4 Å².